The summed E-state index contributed by atoms with van der Waals surface area (Å²) in [5, 5.41) is 10.4. The zero-order chi connectivity index (χ0) is 13.3. The molecule has 1 nitrogen and oxygen atoms in total. The molecule has 1 saturated carbocycles. The van der Waals surface area contributed by atoms with Crippen molar-refractivity contribution in [3.63, 3.8) is 0 Å². The number of aliphatic hydroxyl groups is 1. The predicted octanol–water partition coefficient (Wildman–Crippen LogP) is 4.69. The smallest absolute Gasteiger partial charge is 0.129 e. The molecule has 1 aromatic rings. The Morgan fingerprint density at radius 1 is 1.22 bits per heavy atom. The molecule has 2 rings (SSSR count). The molecule has 1 aliphatic rings. The molecule has 0 spiro atoms. The molecule has 3 unspecified atom stereocenters. The van der Waals surface area contributed by atoms with Crippen molar-refractivity contribution in [1.82, 2.24) is 0 Å². The van der Waals surface area contributed by atoms with Crippen molar-refractivity contribution in [3.8, 4) is 0 Å². The summed E-state index contributed by atoms with van der Waals surface area (Å²) in [5.41, 5.74) is 0.427. The molecule has 0 saturated heterocycles. The van der Waals surface area contributed by atoms with Gasteiger partial charge in [0.25, 0.3) is 0 Å². The average molecular weight is 315 g/mol. The molecular formula is C15H20BrFO. The lowest BCUT2D eigenvalue weighted by molar-refractivity contribution is 0.0526. The first-order valence-corrected chi connectivity index (χ1v) is 7.39. The fourth-order valence-corrected chi connectivity index (χ4v) is 3.64. The van der Waals surface area contributed by atoms with Gasteiger partial charge >= 0.3 is 0 Å². The van der Waals surface area contributed by atoms with Crippen molar-refractivity contribution in [2.45, 2.75) is 39.2 Å². The summed E-state index contributed by atoms with van der Waals surface area (Å²) in [7, 11) is 0. The quantitative estimate of drug-likeness (QED) is 0.839. The van der Waals surface area contributed by atoms with Gasteiger partial charge in [-0.25, -0.2) is 4.39 Å². The third-order valence-electron chi connectivity index (χ3n) is 3.94. The molecule has 0 aromatic heterocycles. The number of benzene rings is 1. The molecular weight excluding hydrogens is 295 g/mol. The van der Waals surface area contributed by atoms with E-state index < -0.39 is 6.10 Å². The summed E-state index contributed by atoms with van der Waals surface area (Å²) in [4.78, 5) is 0. The standard InChI is InChI=1S/C15H20BrFO/c1-9-5-10(2)7-11(6-9)15(18)13-8-12(16)3-4-14(13)17/h3-4,8-11,15,18H,5-7H2,1-2H3. The largest absolute Gasteiger partial charge is 0.388 e. The zero-order valence-electron chi connectivity index (χ0n) is 10.9. The highest BCUT2D eigenvalue weighted by atomic mass is 79.9. The minimum atomic E-state index is -0.687. The molecule has 1 aromatic carbocycles. The highest BCUT2D eigenvalue weighted by Crippen LogP contribution is 2.40. The van der Waals surface area contributed by atoms with Gasteiger partial charge in [0.05, 0.1) is 6.10 Å². The Hall–Kier alpha value is -0.410. The van der Waals surface area contributed by atoms with Gasteiger partial charge in [-0.05, 0) is 55.2 Å². The molecule has 1 fully saturated rings. The number of aliphatic hydroxyl groups excluding tert-OH is 1. The second kappa shape index (κ2) is 5.70. The molecule has 1 aliphatic carbocycles. The van der Waals surface area contributed by atoms with Gasteiger partial charge in [-0.3, -0.25) is 0 Å². The lowest BCUT2D eigenvalue weighted by Gasteiger charge is -2.34. The molecule has 0 heterocycles. The van der Waals surface area contributed by atoms with Crippen molar-refractivity contribution in [3.05, 3.63) is 34.1 Å². The highest BCUT2D eigenvalue weighted by Gasteiger charge is 2.31. The zero-order valence-corrected chi connectivity index (χ0v) is 12.5. The minimum Gasteiger partial charge on any atom is -0.388 e. The van der Waals surface area contributed by atoms with Gasteiger partial charge in [-0.2, -0.15) is 0 Å². The van der Waals surface area contributed by atoms with Crippen LogP contribution in [0.15, 0.2) is 22.7 Å². The van der Waals surface area contributed by atoms with E-state index in [0.717, 1.165) is 17.3 Å². The van der Waals surface area contributed by atoms with E-state index in [1.807, 2.05) is 0 Å². The van der Waals surface area contributed by atoms with E-state index in [9.17, 15) is 9.50 Å². The van der Waals surface area contributed by atoms with E-state index in [4.69, 9.17) is 0 Å². The van der Waals surface area contributed by atoms with Crippen molar-refractivity contribution < 1.29 is 9.50 Å². The fourth-order valence-electron chi connectivity index (χ4n) is 3.26. The topological polar surface area (TPSA) is 20.2 Å². The number of hydrogen-bond donors (Lipinski definition) is 1. The Balaban J connectivity index is 2.19. The fraction of sp³-hybridized carbons (Fsp3) is 0.600. The molecule has 18 heavy (non-hydrogen) atoms. The predicted molar refractivity (Wildman–Crippen MR) is 74.7 cm³/mol. The maximum Gasteiger partial charge on any atom is 0.129 e. The molecule has 1 N–H and O–H groups in total. The van der Waals surface area contributed by atoms with Crippen LogP contribution in [0.2, 0.25) is 0 Å². The molecule has 0 aliphatic heterocycles. The van der Waals surface area contributed by atoms with Crippen LogP contribution >= 0.6 is 15.9 Å². The second-order valence-corrected chi connectivity index (χ2v) is 6.70. The van der Waals surface area contributed by atoms with Gasteiger partial charge in [-0.1, -0.05) is 29.8 Å². The highest BCUT2D eigenvalue weighted by molar-refractivity contribution is 9.10. The number of halogens is 2. The molecule has 0 bridgehead atoms. The van der Waals surface area contributed by atoms with Crippen molar-refractivity contribution in [2.75, 3.05) is 0 Å². The van der Waals surface area contributed by atoms with Gasteiger partial charge in [0, 0.05) is 10.0 Å². The monoisotopic (exact) mass is 314 g/mol. The van der Waals surface area contributed by atoms with E-state index in [0.29, 0.717) is 17.4 Å². The SMILES string of the molecule is CC1CC(C)CC(C(O)c2cc(Br)ccc2F)C1. The summed E-state index contributed by atoms with van der Waals surface area (Å²) >= 11 is 3.33. The van der Waals surface area contributed by atoms with Gasteiger partial charge in [0.15, 0.2) is 0 Å². The Kier molecular flexibility index (Phi) is 4.44. The normalized spacial score (nSPS) is 30.2. The Morgan fingerprint density at radius 3 is 2.44 bits per heavy atom. The lowest BCUT2D eigenvalue weighted by atomic mass is 9.73. The van der Waals surface area contributed by atoms with Crippen LogP contribution in [-0.2, 0) is 0 Å². The Morgan fingerprint density at radius 2 is 1.83 bits per heavy atom. The summed E-state index contributed by atoms with van der Waals surface area (Å²) in [6.07, 6.45) is 2.49. The summed E-state index contributed by atoms with van der Waals surface area (Å²) in [6.45, 7) is 4.43. The number of hydrogen-bond acceptors (Lipinski definition) is 1. The molecule has 0 amide bonds. The third-order valence-corrected chi connectivity index (χ3v) is 4.43. The Labute approximate surface area is 117 Å². The van der Waals surface area contributed by atoms with E-state index in [2.05, 4.69) is 29.8 Å². The van der Waals surface area contributed by atoms with Crippen LogP contribution in [-0.4, -0.2) is 5.11 Å². The van der Waals surface area contributed by atoms with Gasteiger partial charge in [0.2, 0.25) is 0 Å². The van der Waals surface area contributed by atoms with Crippen molar-refractivity contribution in [2.24, 2.45) is 17.8 Å². The van der Waals surface area contributed by atoms with Crippen LogP contribution in [0.4, 0.5) is 4.39 Å². The maximum atomic E-state index is 13.8. The maximum absolute atomic E-state index is 13.8. The van der Waals surface area contributed by atoms with Crippen LogP contribution < -0.4 is 0 Å². The summed E-state index contributed by atoms with van der Waals surface area (Å²) in [6, 6.07) is 4.78. The van der Waals surface area contributed by atoms with Gasteiger partial charge in [-0.15, -0.1) is 0 Å². The van der Waals surface area contributed by atoms with Crippen LogP contribution in [0.5, 0.6) is 0 Å². The van der Waals surface area contributed by atoms with Crippen LogP contribution in [0, 0.1) is 23.6 Å². The van der Waals surface area contributed by atoms with Gasteiger partial charge in [0.1, 0.15) is 5.82 Å². The van der Waals surface area contributed by atoms with E-state index in [1.165, 1.54) is 12.5 Å². The first kappa shape index (κ1) is 14.0. The van der Waals surface area contributed by atoms with Crippen molar-refractivity contribution >= 4 is 15.9 Å². The van der Waals surface area contributed by atoms with E-state index in [1.54, 1.807) is 12.1 Å². The third kappa shape index (κ3) is 3.12. The van der Waals surface area contributed by atoms with Crippen LogP contribution in [0.25, 0.3) is 0 Å². The lowest BCUT2D eigenvalue weighted by Crippen LogP contribution is -2.25. The van der Waals surface area contributed by atoms with Crippen LogP contribution in [0.1, 0.15) is 44.8 Å². The molecule has 3 heteroatoms. The van der Waals surface area contributed by atoms with E-state index in [-0.39, 0.29) is 11.7 Å². The van der Waals surface area contributed by atoms with Crippen LogP contribution in [0.3, 0.4) is 0 Å². The van der Waals surface area contributed by atoms with Crippen molar-refractivity contribution in [1.29, 1.82) is 0 Å². The second-order valence-electron chi connectivity index (χ2n) is 5.79. The van der Waals surface area contributed by atoms with Gasteiger partial charge < -0.3 is 5.11 Å². The summed E-state index contributed by atoms with van der Waals surface area (Å²) < 4.78 is 14.6. The average Bonchev–Trinajstić information content (AvgIpc) is 2.30. The molecule has 0 radical (unpaired) electrons. The molecule has 100 valence electrons. The van der Waals surface area contributed by atoms with E-state index >= 15 is 0 Å². The first-order chi connectivity index (χ1) is 8.47. The summed E-state index contributed by atoms with van der Waals surface area (Å²) in [5.74, 6) is 1.09. The minimum absolute atomic E-state index is 0.174. The Bertz CT molecular complexity index is 411. The number of rotatable bonds is 2. The molecule has 3 atom stereocenters. The first-order valence-electron chi connectivity index (χ1n) is 6.60.